The Balaban J connectivity index is 1.83. The molecular formula is C14H25N3O2S. The average molecular weight is 299 g/mol. The molecule has 1 fully saturated rings. The fourth-order valence-electron chi connectivity index (χ4n) is 2.16. The summed E-state index contributed by atoms with van der Waals surface area (Å²) >= 11 is 1.51. The molecule has 114 valence electrons. The van der Waals surface area contributed by atoms with E-state index in [0.717, 1.165) is 36.9 Å². The van der Waals surface area contributed by atoms with Gasteiger partial charge in [-0.05, 0) is 12.8 Å². The highest BCUT2D eigenvalue weighted by atomic mass is 32.1. The second-order valence-electron chi connectivity index (χ2n) is 6.20. The fraction of sp³-hybridized carbons (Fsp3) is 0.857. The van der Waals surface area contributed by atoms with Crippen LogP contribution in [0.3, 0.4) is 0 Å². The van der Waals surface area contributed by atoms with E-state index in [2.05, 4.69) is 35.0 Å². The molecule has 0 spiro atoms. The van der Waals surface area contributed by atoms with Gasteiger partial charge in [-0.1, -0.05) is 20.8 Å². The van der Waals surface area contributed by atoms with Crippen molar-refractivity contribution in [3.8, 4) is 0 Å². The van der Waals surface area contributed by atoms with Crippen molar-refractivity contribution in [1.82, 2.24) is 9.36 Å². The lowest BCUT2D eigenvalue weighted by molar-refractivity contribution is 0.00610. The topological polar surface area (TPSA) is 47.5 Å². The molecule has 20 heavy (non-hydrogen) atoms. The number of anilines is 1. The van der Waals surface area contributed by atoms with Crippen LogP contribution in [0.2, 0.25) is 0 Å². The minimum atomic E-state index is 0.0241. The standard InChI is InChI=1S/C14H25N3O2S/c1-14(2,3)12-15-13(20-16-12)17-7-5-11(6-8-17)19-10-9-18-4/h11H,5-10H2,1-4H3. The maximum Gasteiger partial charge on any atom is 0.205 e. The summed E-state index contributed by atoms with van der Waals surface area (Å²) in [7, 11) is 1.70. The molecule has 1 saturated heterocycles. The molecule has 0 aliphatic carbocycles. The first-order valence-electron chi connectivity index (χ1n) is 7.20. The third-order valence-electron chi connectivity index (χ3n) is 3.44. The third kappa shape index (κ3) is 4.14. The fourth-order valence-corrected chi connectivity index (χ4v) is 3.07. The number of ether oxygens (including phenoxy) is 2. The van der Waals surface area contributed by atoms with Gasteiger partial charge in [0.05, 0.1) is 19.3 Å². The Labute approximate surface area is 125 Å². The van der Waals surface area contributed by atoms with E-state index >= 15 is 0 Å². The van der Waals surface area contributed by atoms with Gasteiger partial charge in [0.25, 0.3) is 0 Å². The Morgan fingerprint density at radius 2 is 1.95 bits per heavy atom. The molecule has 0 unspecified atom stereocenters. The van der Waals surface area contributed by atoms with Gasteiger partial charge in [-0.2, -0.15) is 4.37 Å². The SMILES string of the molecule is COCCOC1CCN(c2nc(C(C)(C)C)ns2)CC1. The van der Waals surface area contributed by atoms with E-state index in [1.54, 1.807) is 7.11 Å². The molecule has 0 radical (unpaired) electrons. The molecule has 1 aromatic heterocycles. The Morgan fingerprint density at radius 3 is 2.50 bits per heavy atom. The summed E-state index contributed by atoms with van der Waals surface area (Å²) in [4.78, 5) is 7.00. The zero-order valence-corrected chi connectivity index (χ0v) is 13.7. The van der Waals surface area contributed by atoms with Crippen molar-refractivity contribution in [3.05, 3.63) is 5.82 Å². The second-order valence-corrected chi connectivity index (χ2v) is 6.93. The molecule has 1 aliphatic rings. The molecule has 0 bridgehead atoms. The summed E-state index contributed by atoms with van der Waals surface area (Å²) in [6.45, 7) is 9.80. The molecule has 0 N–H and O–H groups in total. The molecule has 0 amide bonds. The summed E-state index contributed by atoms with van der Waals surface area (Å²) in [6, 6.07) is 0. The molecule has 2 rings (SSSR count). The van der Waals surface area contributed by atoms with E-state index in [1.807, 2.05) is 0 Å². The van der Waals surface area contributed by atoms with Gasteiger partial charge in [-0.15, -0.1) is 0 Å². The molecule has 0 saturated carbocycles. The van der Waals surface area contributed by atoms with Gasteiger partial charge in [0.2, 0.25) is 5.13 Å². The van der Waals surface area contributed by atoms with Gasteiger partial charge in [0, 0.05) is 37.1 Å². The maximum atomic E-state index is 5.78. The monoisotopic (exact) mass is 299 g/mol. The maximum absolute atomic E-state index is 5.78. The van der Waals surface area contributed by atoms with Gasteiger partial charge >= 0.3 is 0 Å². The lowest BCUT2D eigenvalue weighted by Gasteiger charge is -2.31. The van der Waals surface area contributed by atoms with Gasteiger partial charge in [0.15, 0.2) is 0 Å². The van der Waals surface area contributed by atoms with Crippen molar-refractivity contribution < 1.29 is 9.47 Å². The van der Waals surface area contributed by atoms with Crippen molar-refractivity contribution in [2.45, 2.75) is 45.1 Å². The van der Waals surface area contributed by atoms with Crippen LogP contribution in [-0.2, 0) is 14.9 Å². The van der Waals surface area contributed by atoms with E-state index < -0.39 is 0 Å². The number of aromatic nitrogens is 2. The van der Waals surface area contributed by atoms with Gasteiger partial charge in [-0.25, -0.2) is 4.98 Å². The zero-order chi connectivity index (χ0) is 14.6. The van der Waals surface area contributed by atoms with Crippen LogP contribution in [-0.4, -0.2) is 48.9 Å². The Hall–Kier alpha value is -0.720. The van der Waals surface area contributed by atoms with E-state index in [0.29, 0.717) is 19.3 Å². The quantitative estimate of drug-likeness (QED) is 0.782. The first-order chi connectivity index (χ1) is 9.50. The summed E-state index contributed by atoms with van der Waals surface area (Å²) in [5.41, 5.74) is 0.0241. The van der Waals surface area contributed by atoms with Crippen LogP contribution in [0.25, 0.3) is 0 Å². The Morgan fingerprint density at radius 1 is 1.25 bits per heavy atom. The van der Waals surface area contributed by atoms with Crippen molar-refractivity contribution >= 4 is 16.7 Å². The van der Waals surface area contributed by atoms with Crippen molar-refractivity contribution in [1.29, 1.82) is 0 Å². The van der Waals surface area contributed by atoms with E-state index in [1.165, 1.54) is 11.5 Å². The Bertz CT molecular complexity index is 409. The minimum Gasteiger partial charge on any atom is -0.382 e. The predicted molar refractivity (Wildman–Crippen MR) is 81.7 cm³/mol. The number of hydrogen-bond acceptors (Lipinski definition) is 6. The largest absolute Gasteiger partial charge is 0.382 e. The van der Waals surface area contributed by atoms with Crippen LogP contribution in [0.5, 0.6) is 0 Å². The second kappa shape index (κ2) is 6.83. The number of piperidine rings is 1. The number of methoxy groups -OCH3 is 1. The normalized spacial score (nSPS) is 17.7. The van der Waals surface area contributed by atoms with E-state index in [9.17, 15) is 0 Å². The minimum absolute atomic E-state index is 0.0241. The molecule has 6 heteroatoms. The van der Waals surface area contributed by atoms with Crippen LogP contribution in [0.1, 0.15) is 39.4 Å². The van der Waals surface area contributed by atoms with Gasteiger partial charge in [0.1, 0.15) is 5.82 Å². The van der Waals surface area contributed by atoms with Crippen LogP contribution in [0.4, 0.5) is 5.13 Å². The van der Waals surface area contributed by atoms with E-state index in [-0.39, 0.29) is 5.41 Å². The van der Waals surface area contributed by atoms with Crippen LogP contribution in [0, 0.1) is 0 Å². The van der Waals surface area contributed by atoms with Gasteiger partial charge in [-0.3, -0.25) is 0 Å². The number of rotatable bonds is 5. The molecule has 1 aliphatic heterocycles. The van der Waals surface area contributed by atoms with Crippen LogP contribution >= 0.6 is 11.5 Å². The van der Waals surface area contributed by atoms with Crippen molar-refractivity contribution in [3.63, 3.8) is 0 Å². The number of nitrogens with zero attached hydrogens (tertiary/aromatic N) is 3. The van der Waals surface area contributed by atoms with Crippen molar-refractivity contribution in [2.75, 3.05) is 38.3 Å². The molecule has 2 heterocycles. The smallest absolute Gasteiger partial charge is 0.205 e. The molecule has 0 aromatic carbocycles. The molecular weight excluding hydrogens is 274 g/mol. The first-order valence-corrected chi connectivity index (χ1v) is 7.97. The lowest BCUT2D eigenvalue weighted by Crippen LogP contribution is -2.37. The molecule has 0 atom stereocenters. The Kier molecular flexibility index (Phi) is 5.35. The summed E-state index contributed by atoms with van der Waals surface area (Å²) in [6.07, 6.45) is 2.46. The first kappa shape index (κ1) is 15.7. The summed E-state index contributed by atoms with van der Waals surface area (Å²) in [5.74, 6) is 0.941. The van der Waals surface area contributed by atoms with Crippen LogP contribution < -0.4 is 4.90 Å². The highest BCUT2D eigenvalue weighted by Crippen LogP contribution is 2.27. The lowest BCUT2D eigenvalue weighted by atomic mass is 9.96. The molecule has 1 aromatic rings. The zero-order valence-electron chi connectivity index (χ0n) is 12.9. The average Bonchev–Trinajstić information content (AvgIpc) is 2.89. The van der Waals surface area contributed by atoms with E-state index in [4.69, 9.17) is 9.47 Å². The van der Waals surface area contributed by atoms with Crippen molar-refractivity contribution in [2.24, 2.45) is 0 Å². The summed E-state index contributed by atoms with van der Waals surface area (Å²) < 4.78 is 15.3. The molecule has 5 nitrogen and oxygen atoms in total. The van der Waals surface area contributed by atoms with Crippen LogP contribution in [0.15, 0.2) is 0 Å². The highest BCUT2D eigenvalue weighted by Gasteiger charge is 2.25. The van der Waals surface area contributed by atoms with Gasteiger partial charge < -0.3 is 14.4 Å². The highest BCUT2D eigenvalue weighted by molar-refractivity contribution is 7.09. The summed E-state index contributed by atoms with van der Waals surface area (Å²) in [5, 5.41) is 1.05. The number of hydrogen-bond donors (Lipinski definition) is 0. The third-order valence-corrected chi connectivity index (χ3v) is 4.22. The predicted octanol–water partition coefficient (Wildman–Crippen LogP) is 2.47.